The molecule has 1 atom stereocenters. The molecular formula is C39H54F6O10. The smallest absolute Gasteiger partial charge is 0.425 e. The van der Waals surface area contributed by atoms with Crippen LogP contribution in [0, 0.1) is 17.8 Å². The quantitative estimate of drug-likeness (QED) is 0.0915. The lowest BCUT2D eigenvalue weighted by Crippen LogP contribution is -2.52. The fourth-order valence-corrected chi connectivity index (χ4v) is 6.65. The van der Waals surface area contributed by atoms with Gasteiger partial charge in [-0.15, -0.1) is 0 Å². The van der Waals surface area contributed by atoms with Crippen molar-refractivity contribution in [2.24, 2.45) is 17.8 Å². The number of rotatable bonds is 10. The van der Waals surface area contributed by atoms with Crippen LogP contribution in [-0.2, 0) is 47.7 Å². The van der Waals surface area contributed by atoms with Gasteiger partial charge in [0.05, 0.1) is 0 Å². The Kier molecular flexibility index (Phi) is 19.4. The summed E-state index contributed by atoms with van der Waals surface area (Å²) in [4.78, 5) is 54.7. The summed E-state index contributed by atoms with van der Waals surface area (Å²) < 4.78 is 92.9. The van der Waals surface area contributed by atoms with Crippen molar-refractivity contribution in [2.75, 3.05) is 13.2 Å². The average Bonchev–Trinajstić information content (AvgIpc) is 3.05. The number of esters is 5. The van der Waals surface area contributed by atoms with E-state index in [2.05, 4.69) is 40.5 Å². The minimum absolute atomic E-state index is 0.0404. The molecule has 312 valence electrons. The molecule has 0 saturated heterocycles. The van der Waals surface area contributed by atoms with Crippen LogP contribution in [0.25, 0.3) is 0 Å². The lowest BCUT2D eigenvalue weighted by Gasteiger charge is -2.55. The SMILES string of the molecule is C=C(C)C(=O)OC(C)C(F)(F)F.C=C(C)C(=O)OC12CC3CC(CC(C3)C1)C2.C=C(C)C(=O)OC1CCCCC1.C=C(C)C(=O)OCC(=O)OCC(F)(F)F. The fraction of sp³-hybridized carbons (Fsp3) is 0.667. The molecule has 4 bridgehead atoms. The topological polar surface area (TPSA) is 132 Å². The van der Waals surface area contributed by atoms with E-state index in [1.165, 1.54) is 52.4 Å². The number of alkyl halides is 6. The highest BCUT2D eigenvalue weighted by atomic mass is 19.4. The van der Waals surface area contributed by atoms with Crippen LogP contribution in [0.15, 0.2) is 48.6 Å². The van der Waals surface area contributed by atoms with Crippen LogP contribution in [0.5, 0.6) is 0 Å². The van der Waals surface area contributed by atoms with Crippen LogP contribution < -0.4 is 0 Å². The molecule has 0 heterocycles. The molecule has 0 aromatic heterocycles. The molecule has 5 fully saturated rings. The number of halogens is 6. The maximum absolute atomic E-state index is 11.8. The Balaban J connectivity index is 0.000000370. The molecule has 55 heavy (non-hydrogen) atoms. The number of carbonyl (C=O) groups excluding carboxylic acids is 5. The van der Waals surface area contributed by atoms with Crippen molar-refractivity contribution < 1.29 is 74.0 Å². The predicted octanol–water partition coefficient (Wildman–Crippen LogP) is 8.78. The molecule has 0 amide bonds. The third-order valence-electron chi connectivity index (χ3n) is 8.97. The minimum atomic E-state index is -4.59. The average molecular weight is 797 g/mol. The molecule has 10 nitrogen and oxygen atoms in total. The highest BCUT2D eigenvalue weighted by Crippen LogP contribution is 2.57. The van der Waals surface area contributed by atoms with E-state index < -0.39 is 49.6 Å². The Hall–Kier alpha value is -4.11. The maximum Gasteiger partial charge on any atom is 0.425 e. The van der Waals surface area contributed by atoms with Crippen molar-refractivity contribution in [2.45, 2.75) is 135 Å². The largest absolute Gasteiger partial charge is 0.459 e. The van der Waals surface area contributed by atoms with Gasteiger partial charge in [0.15, 0.2) is 19.3 Å². The Morgan fingerprint density at radius 3 is 1.47 bits per heavy atom. The van der Waals surface area contributed by atoms with Gasteiger partial charge in [-0.1, -0.05) is 32.7 Å². The van der Waals surface area contributed by atoms with Crippen molar-refractivity contribution in [3.63, 3.8) is 0 Å². The molecule has 1 unspecified atom stereocenters. The van der Waals surface area contributed by atoms with Gasteiger partial charge in [-0.05, 0) is 117 Å². The van der Waals surface area contributed by atoms with Crippen molar-refractivity contribution in [1.29, 1.82) is 0 Å². The lowest BCUT2D eigenvalue weighted by molar-refractivity contribution is -0.213. The van der Waals surface area contributed by atoms with Gasteiger partial charge < -0.3 is 23.7 Å². The van der Waals surface area contributed by atoms with E-state index in [1.807, 2.05) is 0 Å². The van der Waals surface area contributed by atoms with Crippen molar-refractivity contribution in [3.8, 4) is 0 Å². The van der Waals surface area contributed by atoms with Crippen molar-refractivity contribution in [3.05, 3.63) is 48.6 Å². The first-order valence-corrected chi connectivity index (χ1v) is 18.0. The summed E-state index contributed by atoms with van der Waals surface area (Å²) in [5, 5.41) is 0. The number of ether oxygens (including phenoxy) is 5. The zero-order valence-electron chi connectivity index (χ0n) is 32.3. The second kappa shape index (κ2) is 21.8. The monoisotopic (exact) mass is 796 g/mol. The molecular weight excluding hydrogens is 742 g/mol. The van der Waals surface area contributed by atoms with Crippen LogP contribution in [0.4, 0.5) is 26.3 Å². The molecule has 5 aliphatic carbocycles. The fourth-order valence-electron chi connectivity index (χ4n) is 6.65. The summed E-state index contributed by atoms with van der Waals surface area (Å²) >= 11 is 0. The number of hydrogen-bond donors (Lipinski definition) is 0. The molecule has 5 saturated carbocycles. The summed E-state index contributed by atoms with van der Waals surface area (Å²) in [5.41, 5.74) is 0.922. The normalized spacial score (nSPS) is 22.9. The first kappa shape index (κ1) is 48.9. The Bertz CT molecular complexity index is 1370. The van der Waals surface area contributed by atoms with Crippen molar-refractivity contribution >= 4 is 29.8 Å². The first-order valence-electron chi connectivity index (χ1n) is 18.0. The lowest BCUT2D eigenvalue weighted by atomic mass is 9.54. The second-order valence-corrected chi connectivity index (χ2v) is 14.7. The molecule has 0 radical (unpaired) electrons. The van der Waals surface area contributed by atoms with Crippen LogP contribution in [-0.4, -0.2) is 73.2 Å². The zero-order chi connectivity index (χ0) is 42.3. The molecule has 16 heteroatoms. The third kappa shape index (κ3) is 19.4. The minimum Gasteiger partial charge on any atom is -0.459 e. The molecule has 5 aliphatic rings. The van der Waals surface area contributed by atoms with Gasteiger partial charge in [-0.25, -0.2) is 24.0 Å². The van der Waals surface area contributed by atoms with E-state index in [0.29, 0.717) is 11.1 Å². The van der Waals surface area contributed by atoms with Crippen LogP contribution in [0.2, 0.25) is 0 Å². The zero-order valence-corrected chi connectivity index (χ0v) is 32.3. The van der Waals surface area contributed by atoms with E-state index in [0.717, 1.165) is 56.8 Å². The van der Waals surface area contributed by atoms with E-state index in [1.54, 1.807) is 13.8 Å². The Labute approximate surface area is 318 Å². The molecule has 0 aromatic carbocycles. The summed E-state index contributed by atoms with van der Waals surface area (Å²) in [5.74, 6) is -1.10. The second-order valence-electron chi connectivity index (χ2n) is 14.7. The molecule has 0 aromatic rings. The van der Waals surface area contributed by atoms with Crippen LogP contribution in [0.3, 0.4) is 0 Å². The first-order chi connectivity index (χ1) is 25.2. The van der Waals surface area contributed by atoms with E-state index in [9.17, 15) is 50.3 Å². The number of carbonyl (C=O) groups is 5. The molecule has 5 rings (SSSR count). The summed E-state index contributed by atoms with van der Waals surface area (Å²) in [6.45, 7) is 17.8. The van der Waals surface area contributed by atoms with E-state index in [4.69, 9.17) is 9.47 Å². The van der Waals surface area contributed by atoms with E-state index in [-0.39, 0.29) is 34.8 Å². The molecule has 0 spiro atoms. The summed E-state index contributed by atoms with van der Waals surface area (Å²) in [7, 11) is 0. The van der Waals surface area contributed by atoms with Gasteiger partial charge in [0.25, 0.3) is 0 Å². The van der Waals surface area contributed by atoms with Crippen LogP contribution in [0.1, 0.15) is 105 Å². The Morgan fingerprint density at radius 2 is 1.09 bits per heavy atom. The molecule has 0 aliphatic heterocycles. The van der Waals surface area contributed by atoms with Crippen LogP contribution >= 0.6 is 0 Å². The molecule has 0 N–H and O–H groups in total. The predicted molar refractivity (Wildman–Crippen MR) is 189 cm³/mol. The van der Waals surface area contributed by atoms with Crippen molar-refractivity contribution in [1.82, 2.24) is 0 Å². The summed E-state index contributed by atoms with van der Waals surface area (Å²) in [6.07, 6.45) is 2.15. The van der Waals surface area contributed by atoms with Gasteiger partial charge >= 0.3 is 42.2 Å². The van der Waals surface area contributed by atoms with Gasteiger partial charge in [0, 0.05) is 22.3 Å². The van der Waals surface area contributed by atoms with Gasteiger partial charge in [0.1, 0.15) is 11.7 Å². The van der Waals surface area contributed by atoms with E-state index >= 15 is 0 Å². The maximum atomic E-state index is 11.8. The van der Waals surface area contributed by atoms with Gasteiger partial charge in [0.2, 0.25) is 0 Å². The number of hydrogen-bond acceptors (Lipinski definition) is 10. The van der Waals surface area contributed by atoms with Gasteiger partial charge in [-0.2, -0.15) is 26.3 Å². The highest BCUT2D eigenvalue weighted by Gasteiger charge is 2.53. The highest BCUT2D eigenvalue weighted by molar-refractivity contribution is 5.89. The standard InChI is InChI=1S/C14H20O2.C10H16O2.C8H9F3O4.C7H9F3O2/c1-9(2)13(15)16-14-6-10-3-11(7-14)5-12(4-10)8-14;1-8(2)10(11)12-9-6-4-3-5-7-9;1-5(2)7(13)14-3-6(12)15-4-8(9,10)11;1-4(2)6(11)12-5(3)7(8,9)10/h10-12H,1,3-8H2,2H3;9H,1,3-7H2,2H3;1,3-4H2,2H3;5H,1H2,2-3H3. The third-order valence-corrected chi connectivity index (χ3v) is 8.97. The summed E-state index contributed by atoms with van der Waals surface area (Å²) in [6, 6.07) is 0. The Morgan fingerprint density at radius 1 is 0.655 bits per heavy atom. The van der Waals surface area contributed by atoms with Gasteiger partial charge in [-0.3, -0.25) is 0 Å².